The average molecular weight is 167 g/mol. The molecular weight excluding hydrogens is 150 g/mol. The standard InChI is InChI=1S/C9H17N3/c1-5-8-10-9(7(3)4)11-12(8)6-2/h7H,5-6H2,1-4H3. The van der Waals surface area contributed by atoms with Crippen LogP contribution >= 0.6 is 0 Å². The van der Waals surface area contributed by atoms with Crippen molar-refractivity contribution in [2.24, 2.45) is 0 Å². The summed E-state index contributed by atoms with van der Waals surface area (Å²) in [6.07, 6.45) is 0.966. The molecule has 0 saturated heterocycles. The Kier molecular flexibility index (Phi) is 2.84. The van der Waals surface area contributed by atoms with Gasteiger partial charge < -0.3 is 0 Å². The van der Waals surface area contributed by atoms with E-state index in [1.807, 2.05) is 4.68 Å². The van der Waals surface area contributed by atoms with E-state index in [4.69, 9.17) is 0 Å². The van der Waals surface area contributed by atoms with Crippen molar-refractivity contribution >= 4 is 0 Å². The quantitative estimate of drug-likeness (QED) is 0.689. The van der Waals surface area contributed by atoms with Gasteiger partial charge in [0.25, 0.3) is 0 Å². The molecule has 3 nitrogen and oxygen atoms in total. The molecule has 0 N–H and O–H groups in total. The molecule has 0 aliphatic heterocycles. The lowest BCUT2D eigenvalue weighted by Gasteiger charge is -1.97. The number of rotatable bonds is 3. The summed E-state index contributed by atoms with van der Waals surface area (Å²) in [5.74, 6) is 2.50. The molecule has 0 atom stereocenters. The molecule has 1 rings (SSSR count). The number of aryl methyl sites for hydroxylation is 2. The summed E-state index contributed by atoms with van der Waals surface area (Å²) >= 11 is 0. The van der Waals surface area contributed by atoms with Crippen LogP contribution in [0.2, 0.25) is 0 Å². The first-order valence-electron chi connectivity index (χ1n) is 4.62. The van der Waals surface area contributed by atoms with E-state index >= 15 is 0 Å². The molecule has 1 aromatic heterocycles. The molecule has 0 unspecified atom stereocenters. The highest BCUT2D eigenvalue weighted by molar-refractivity contribution is 4.96. The van der Waals surface area contributed by atoms with Crippen LogP contribution in [0.4, 0.5) is 0 Å². The monoisotopic (exact) mass is 167 g/mol. The van der Waals surface area contributed by atoms with Gasteiger partial charge in [-0.2, -0.15) is 5.10 Å². The molecule has 0 saturated carbocycles. The van der Waals surface area contributed by atoms with Crippen LogP contribution < -0.4 is 0 Å². The van der Waals surface area contributed by atoms with Gasteiger partial charge in [0.15, 0.2) is 5.82 Å². The topological polar surface area (TPSA) is 30.7 Å². The van der Waals surface area contributed by atoms with Crippen LogP contribution in [-0.2, 0) is 13.0 Å². The largest absolute Gasteiger partial charge is 0.250 e. The van der Waals surface area contributed by atoms with Crippen molar-refractivity contribution < 1.29 is 0 Å². The van der Waals surface area contributed by atoms with Gasteiger partial charge >= 0.3 is 0 Å². The number of hydrogen-bond donors (Lipinski definition) is 0. The van der Waals surface area contributed by atoms with Gasteiger partial charge in [-0.15, -0.1) is 0 Å². The van der Waals surface area contributed by atoms with Gasteiger partial charge in [-0.05, 0) is 6.92 Å². The molecule has 0 aliphatic carbocycles. The average Bonchev–Trinajstić information content (AvgIpc) is 2.46. The minimum Gasteiger partial charge on any atom is -0.250 e. The van der Waals surface area contributed by atoms with E-state index in [1.165, 1.54) is 0 Å². The number of aromatic nitrogens is 3. The molecule has 0 fully saturated rings. The molecule has 0 bridgehead atoms. The lowest BCUT2D eigenvalue weighted by molar-refractivity contribution is 0.608. The molecular formula is C9H17N3. The highest BCUT2D eigenvalue weighted by Crippen LogP contribution is 2.10. The van der Waals surface area contributed by atoms with Gasteiger partial charge in [-0.25, -0.2) is 4.98 Å². The van der Waals surface area contributed by atoms with Crippen molar-refractivity contribution in [3.63, 3.8) is 0 Å². The summed E-state index contributed by atoms with van der Waals surface area (Å²) in [5.41, 5.74) is 0. The highest BCUT2D eigenvalue weighted by atomic mass is 15.3. The van der Waals surface area contributed by atoms with E-state index in [9.17, 15) is 0 Å². The summed E-state index contributed by atoms with van der Waals surface area (Å²) < 4.78 is 1.98. The lowest BCUT2D eigenvalue weighted by Crippen LogP contribution is -2.02. The van der Waals surface area contributed by atoms with E-state index in [1.54, 1.807) is 0 Å². The summed E-state index contributed by atoms with van der Waals surface area (Å²) in [4.78, 5) is 4.45. The second kappa shape index (κ2) is 3.70. The zero-order valence-corrected chi connectivity index (χ0v) is 8.33. The maximum Gasteiger partial charge on any atom is 0.153 e. The third-order valence-electron chi connectivity index (χ3n) is 1.90. The molecule has 68 valence electrons. The minimum atomic E-state index is 0.433. The van der Waals surface area contributed by atoms with Gasteiger partial charge in [0, 0.05) is 18.9 Å². The Morgan fingerprint density at radius 1 is 1.33 bits per heavy atom. The fourth-order valence-corrected chi connectivity index (χ4v) is 1.15. The van der Waals surface area contributed by atoms with E-state index in [-0.39, 0.29) is 0 Å². The maximum absolute atomic E-state index is 4.45. The Morgan fingerprint density at radius 3 is 2.33 bits per heavy atom. The molecule has 0 aromatic carbocycles. The van der Waals surface area contributed by atoms with Gasteiger partial charge in [-0.3, -0.25) is 4.68 Å². The highest BCUT2D eigenvalue weighted by Gasteiger charge is 2.09. The maximum atomic E-state index is 4.45. The van der Waals surface area contributed by atoms with Crippen LogP contribution in [0.5, 0.6) is 0 Å². The predicted molar refractivity (Wildman–Crippen MR) is 49.2 cm³/mol. The van der Waals surface area contributed by atoms with Gasteiger partial charge in [0.2, 0.25) is 0 Å². The zero-order valence-electron chi connectivity index (χ0n) is 8.33. The van der Waals surface area contributed by atoms with Crippen molar-refractivity contribution in [2.45, 2.75) is 46.6 Å². The molecule has 0 amide bonds. The van der Waals surface area contributed by atoms with Gasteiger partial charge in [-0.1, -0.05) is 20.8 Å². The first kappa shape index (κ1) is 9.23. The van der Waals surface area contributed by atoms with Gasteiger partial charge in [0.1, 0.15) is 5.82 Å². The smallest absolute Gasteiger partial charge is 0.153 e. The Bertz CT molecular complexity index is 229. The van der Waals surface area contributed by atoms with Crippen LogP contribution in [0.1, 0.15) is 45.3 Å². The summed E-state index contributed by atoms with van der Waals surface area (Å²) in [7, 11) is 0. The van der Waals surface area contributed by atoms with E-state index in [2.05, 4.69) is 37.8 Å². The van der Waals surface area contributed by atoms with Crippen molar-refractivity contribution in [1.82, 2.24) is 14.8 Å². The van der Waals surface area contributed by atoms with Crippen LogP contribution in [0, 0.1) is 0 Å². The number of hydrogen-bond acceptors (Lipinski definition) is 2. The van der Waals surface area contributed by atoms with Crippen LogP contribution in [0.3, 0.4) is 0 Å². The Hall–Kier alpha value is -0.860. The predicted octanol–water partition coefficient (Wildman–Crippen LogP) is 1.98. The zero-order chi connectivity index (χ0) is 9.14. The van der Waals surface area contributed by atoms with Crippen molar-refractivity contribution in [3.8, 4) is 0 Å². The van der Waals surface area contributed by atoms with Crippen molar-refractivity contribution in [1.29, 1.82) is 0 Å². The number of nitrogens with zero attached hydrogens (tertiary/aromatic N) is 3. The first-order valence-corrected chi connectivity index (χ1v) is 4.62. The van der Waals surface area contributed by atoms with E-state index in [0.717, 1.165) is 24.6 Å². The summed E-state index contributed by atoms with van der Waals surface area (Å²) in [6, 6.07) is 0. The van der Waals surface area contributed by atoms with Crippen LogP contribution in [-0.4, -0.2) is 14.8 Å². The Labute approximate surface area is 73.8 Å². The second-order valence-electron chi connectivity index (χ2n) is 3.21. The fraction of sp³-hybridized carbons (Fsp3) is 0.778. The SMILES string of the molecule is CCc1nc(C(C)C)nn1CC. The third-order valence-corrected chi connectivity index (χ3v) is 1.90. The first-order chi connectivity index (χ1) is 5.69. The molecule has 1 aromatic rings. The van der Waals surface area contributed by atoms with Gasteiger partial charge in [0.05, 0.1) is 0 Å². The van der Waals surface area contributed by atoms with Crippen molar-refractivity contribution in [3.05, 3.63) is 11.6 Å². The fourth-order valence-electron chi connectivity index (χ4n) is 1.15. The van der Waals surface area contributed by atoms with E-state index in [0.29, 0.717) is 5.92 Å². The lowest BCUT2D eigenvalue weighted by atomic mass is 10.2. The molecule has 0 spiro atoms. The normalized spacial score (nSPS) is 11.1. The minimum absolute atomic E-state index is 0.433. The second-order valence-corrected chi connectivity index (χ2v) is 3.21. The van der Waals surface area contributed by atoms with Crippen LogP contribution in [0.25, 0.3) is 0 Å². The third kappa shape index (κ3) is 1.65. The summed E-state index contributed by atoms with van der Waals surface area (Å²) in [6.45, 7) is 9.37. The van der Waals surface area contributed by atoms with E-state index < -0.39 is 0 Å². The molecule has 0 aliphatic rings. The molecule has 1 heterocycles. The molecule has 12 heavy (non-hydrogen) atoms. The van der Waals surface area contributed by atoms with Crippen molar-refractivity contribution in [2.75, 3.05) is 0 Å². The Balaban J connectivity index is 2.97. The summed E-state index contributed by atoms with van der Waals surface area (Å²) in [5, 5.41) is 4.40. The van der Waals surface area contributed by atoms with Crippen LogP contribution in [0.15, 0.2) is 0 Å². The molecule has 3 heteroatoms. The Morgan fingerprint density at radius 2 is 2.00 bits per heavy atom. The molecule has 0 radical (unpaired) electrons.